The van der Waals surface area contributed by atoms with Gasteiger partial charge in [0.15, 0.2) is 5.79 Å². The Bertz CT molecular complexity index is 1170. The Labute approximate surface area is 230 Å². The average molecular weight is 561 g/mol. The largest absolute Gasteiger partial charge is 0.466 e. The van der Waals surface area contributed by atoms with Gasteiger partial charge in [0.1, 0.15) is 30.1 Å². The summed E-state index contributed by atoms with van der Waals surface area (Å²) >= 11 is 1.06. The number of carbonyl (C=O) groups excluding carboxylic acids is 3. The van der Waals surface area contributed by atoms with Gasteiger partial charge in [0.2, 0.25) is 10.8 Å². The van der Waals surface area contributed by atoms with Crippen molar-refractivity contribution in [3.05, 3.63) is 60.4 Å². The highest BCUT2D eigenvalue weighted by Crippen LogP contribution is 2.46. The fourth-order valence-electron chi connectivity index (χ4n) is 4.60. The van der Waals surface area contributed by atoms with E-state index in [9.17, 15) is 19.5 Å². The molecule has 1 aromatic carbocycles. The van der Waals surface area contributed by atoms with Crippen molar-refractivity contribution >= 4 is 29.6 Å². The van der Waals surface area contributed by atoms with Gasteiger partial charge in [-0.05, 0) is 38.1 Å². The van der Waals surface area contributed by atoms with E-state index in [1.54, 1.807) is 50.2 Å². The number of amides is 1. The summed E-state index contributed by atoms with van der Waals surface area (Å²) in [5.41, 5.74) is 0.0383. The molecular formula is C27H32N2O9S. The number of rotatable bonds is 8. The zero-order chi connectivity index (χ0) is 28.2. The van der Waals surface area contributed by atoms with Crippen LogP contribution in [-0.2, 0) is 33.3 Å². The molecule has 12 heteroatoms. The van der Waals surface area contributed by atoms with Crippen LogP contribution in [0.4, 0.5) is 0 Å². The van der Waals surface area contributed by atoms with E-state index in [0.29, 0.717) is 4.90 Å². The number of aliphatic hydroxyl groups excluding tert-OH is 1. The first kappa shape index (κ1) is 29.0. The van der Waals surface area contributed by atoms with Crippen LogP contribution < -0.4 is 5.32 Å². The van der Waals surface area contributed by atoms with Crippen LogP contribution in [0, 0.1) is 0 Å². The standard InChI is InChI=1S/C27H32N2O9S/c1-16(30)29-21-19(36-24(32)18-12-8-9-13-28-18)14-27(25(33)34-4,39-17-10-6-5-7-11-17)38-23(21)22(31)20-15-35-26(2,3)37-20/h5-13,19-23,31H,14-15H2,1-4H3,(H,29,30)/t19-,20+,21+,22+,23+,27-/m0/s1. The number of methoxy groups -OCH3 is 1. The van der Waals surface area contributed by atoms with Crippen LogP contribution in [0.25, 0.3) is 0 Å². The third-order valence-electron chi connectivity index (χ3n) is 6.32. The Hall–Kier alpha value is -3.03. The minimum Gasteiger partial charge on any atom is -0.466 e. The third-order valence-corrected chi connectivity index (χ3v) is 7.59. The predicted molar refractivity (Wildman–Crippen MR) is 138 cm³/mol. The van der Waals surface area contributed by atoms with Gasteiger partial charge in [-0.1, -0.05) is 36.0 Å². The highest BCUT2D eigenvalue weighted by Gasteiger charge is 2.58. The first-order valence-electron chi connectivity index (χ1n) is 12.4. The fraction of sp³-hybridized carbons (Fsp3) is 0.481. The minimum atomic E-state index is -1.75. The number of hydrogen-bond donors (Lipinski definition) is 2. The first-order valence-corrected chi connectivity index (χ1v) is 13.2. The summed E-state index contributed by atoms with van der Waals surface area (Å²) in [7, 11) is 1.22. The molecule has 1 aromatic heterocycles. The molecule has 3 heterocycles. The van der Waals surface area contributed by atoms with Crippen molar-refractivity contribution in [2.45, 2.75) is 73.3 Å². The Morgan fingerprint density at radius 1 is 1.13 bits per heavy atom. The van der Waals surface area contributed by atoms with Crippen LogP contribution in [0.5, 0.6) is 0 Å². The van der Waals surface area contributed by atoms with Crippen LogP contribution >= 0.6 is 11.8 Å². The number of thioether (sulfide) groups is 1. The highest BCUT2D eigenvalue weighted by molar-refractivity contribution is 8.01. The molecule has 11 nitrogen and oxygen atoms in total. The summed E-state index contributed by atoms with van der Waals surface area (Å²) in [5.74, 6) is -2.94. The van der Waals surface area contributed by atoms with E-state index in [4.69, 9.17) is 23.7 Å². The van der Waals surface area contributed by atoms with Gasteiger partial charge in [0.25, 0.3) is 0 Å². The first-order chi connectivity index (χ1) is 18.5. The van der Waals surface area contributed by atoms with Crippen LogP contribution in [-0.4, -0.2) is 82.8 Å². The monoisotopic (exact) mass is 560 g/mol. The lowest BCUT2D eigenvalue weighted by atomic mass is 9.89. The number of pyridine rings is 1. The Kier molecular flexibility index (Phi) is 8.92. The molecule has 0 aliphatic carbocycles. The molecule has 210 valence electrons. The molecule has 6 atom stereocenters. The van der Waals surface area contributed by atoms with Gasteiger partial charge in [-0.2, -0.15) is 0 Å². The quantitative estimate of drug-likeness (QED) is 0.458. The smallest absolute Gasteiger partial charge is 0.357 e. The van der Waals surface area contributed by atoms with Crippen molar-refractivity contribution in [2.24, 2.45) is 0 Å². The number of aromatic nitrogens is 1. The third kappa shape index (κ3) is 6.76. The number of hydrogen-bond acceptors (Lipinski definition) is 11. The van der Waals surface area contributed by atoms with E-state index in [2.05, 4.69) is 10.3 Å². The van der Waals surface area contributed by atoms with Crippen LogP contribution in [0.2, 0.25) is 0 Å². The molecule has 0 bridgehead atoms. The zero-order valence-corrected chi connectivity index (χ0v) is 22.9. The van der Waals surface area contributed by atoms with E-state index in [1.807, 2.05) is 6.07 Å². The molecule has 0 unspecified atom stereocenters. The molecular weight excluding hydrogens is 528 g/mol. The number of carbonyl (C=O) groups is 3. The average Bonchev–Trinajstić information content (AvgIpc) is 3.29. The van der Waals surface area contributed by atoms with Crippen molar-refractivity contribution in [1.82, 2.24) is 10.3 Å². The lowest BCUT2D eigenvalue weighted by molar-refractivity contribution is -0.213. The Morgan fingerprint density at radius 2 is 1.85 bits per heavy atom. The Morgan fingerprint density at radius 3 is 2.44 bits per heavy atom. The maximum atomic E-state index is 13.4. The Balaban J connectivity index is 1.76. The molecule has 2 N–H and O–H groups in total. The number of esters is 2. The highest BCUT2D eigenvalue weighted by atomic mass is 32.2. The van der Waals surface area contributed by atoms with Gasteiger partial charge in [-0.3, -0.25) is 4.79 Å². The van der Waals surface area contributed by atoms with Crippen LogP contribution in [0.3, 0.4) is 0 Å². The summed E-state index contributed by atoms with van der Waals surface area (Å²) in [6.45, 7) is 4.74. The van der Waals surface area contributed by atoms with Gasteiger partial charge in [-0.25, -0.2) is 14.6 Å². The lowest BCUT2D eigenvalue weighted by Gasteiger charge is -2.48. The second-order valence-electron chi connectivity index (χ2n) is 9.69. The van der Waals surface area contributed by atoms with Crippen LogP contribution in [0.1, 0.15) is 37.7 Å². The van der Waals surface area contributed by atoms with Gasteiger partial charge in [-0.15, -0.1) is 0 Å². The molecule has 2 aromatic rings. The maximum absolute atomic E-state index is 13.4. The molecule has 0 spiro atoms. The summed E-state index contributed by atoms with van der Waals surface area (Å²) in [4.78, 5) is 41.7. The van der Waals surface area contributed by atoms with Crippen molar-refractivity contribution < 1.29 is 43.2 Å². The van der Waals surface area contributed by atoms with Crippen LogP contribution in [0.15, 0.2) is 59.6 Å². The zero-order valence-electron chi connectivity index (χ0n) is 22.1. The predicted octanol–water partition coefficient (Wildman–Crippen LogP) is 2.07. The van der Waals surface area contributed by atoms with E-state index in [0.717, 1.165) is 11.8 Å². The molecule has 0 saturated carbocycles. The van der Waals surface area contributed by atoms with E-state index in [1.165, 1.54) is 26.3 Å². The van der Waals surface area contributed by atoms with Crippen molar-refractivity contribution in [3.63, 3.8) is 0 Å². The molecule has 2 aliphatic rings. The molecule has 2 saturated heterocycles. The summed E-state index contributed by atoms with van der Waals surface area (Å²) in [6, 6.07) is 12.7. The van der Waals surface area contributed by atoms with Gasteiger partial charge in [0.05, 0.1) is 19.8 Å². The number of benzene rings is 1. The van der Waals surface area contributed by atoms with Crippen molar-refractivity contribution in [3.8, 4) is 0 Å². The van der Waals surface area contributed by atoms with Gasteiger partial charge >= 0.3 is 11.9 Å². The number of nitrogens with one attached hydrogen (secondary N) is 1. The summed E-state index contributed by atoms with van der Waals surface area (Å²) < 4.78 is 28.9. The van der Waals surface area contributed by atoms with Crippen molar-refractivity contribution in [2.75, 3.05) is 13.7 Å². The van der Waals surface area contributed by atoms with E-state index < -0.39 is 59.0 Å². The summed E-state index contributed by atoms with van der Waals surface area (Å²) in [6.07, 6.45) is -3.38. The molecule has 39 heavy (non-hydrogen) atoms. The van der Waals surface area contributed by atoms with E-state index in [-0.39, 0.29) is 18.7 Å². The topological polar surface area (TPSA) is 143 Å². The minimum absolute atomic E-state index is 0.0380. The summed E-state index contributed by atoms with van der Waals surface area (Å²) in [5, 5.41) is 14.3. The van der Waals surface area contributed by atoms with Gasteiger partial charge < -0.3 is 34.1 Å². The normalized spacial score (nSPS) is 28.7. The maximum Gasteiger partial charge on any atom is 0.357 e. The number of nitrogens with zero attached hydrogens (tertiary/aromatic N) is 1. The number of ether oxygens (including phenoxy) is 5. The second kappa shape index (κ2) is 12.0. The molecule has 0 radical (unpaired) electrons. The lowest BCUT2D eigenvalue weighted by Crippen LogP contribution is -2.67. The fourth-order valence-corrected chi connectivity index (χ4v) is 5.85. The molecule has 1 amide bonds. The van der Waals surface area contributed by atoms with Crippen molar-refractivity contribution in [1.29, 1.82) is 0 Å². The number of aliphatic hydroxyl groups is 1. The van der Waals surface area contributed by atoms with Gasteiger partial charge in [0, 0.05) is 24.4 Å². The molecule has 2 fully saturated rings. The second-order valence-corrected chi connectivity index (χ2v) is 11.0. The molecule has 4 rings (SSSR count). The SMILES string of the molecule is COC(=O)[C@@]1(Sc2ccccc2)C[C@H](OC(=O)c2ccccn2)[C@@H](NC(C)=O)[C@H]([C@H](O)[C@H]2COC(C)(C)O2)O1. The van der Waals surface area contributed by atoms with E-state index >= 15 is 0 Å². The molecule has 2 aliphatic heterocycles.